The van der Waals surface area contributed by atoms with E-state index >= 15 is 0 Å². The van der Waals surface area contributed by atoms with Crippen molar-refractivity contribution in [1.82, 2.24) is 5.32 Å². The molecule has 0 radical (unpaired) electrons. The van der Waals surface area contributed by atoms with Crippen molar-refractivity contribution in [3.05, 3.63) is 32.2 Å². The third-order valence-corrected chi connectivity index (χ3v) is 6.46. The Bertz CT molecular complexity index is 482. The van der Waals surface area contributed by atoms with Crippen LogP contribution in [0.1, 0.15) is 56.7 Å². The zero-order chi connectivity index (χ0) is 14.9. The van der Waals surface area contributed by atoms with Gasteiger partial charge in [0.1, 0.15) is 0 Å². The van der Waals surface area contributed by atoms with Gasteiger partial charge in [0.05, 0.1) is 0 Å². The summed E-state index contributed by atoms with van der Waals surface area (Å²) in [7, 11) is 2.09. The molecule has 112 valence electrons. The summed E-state index contributed by atoms with van der Waals surface area (Å²) in [6, 6.07) is 4.92. The quantitative estimate of drug-likeness (QED) is 0.653. The maximum absolute atomic E-state index is 3.77. The highest BCUT2D eigenvalue weighted by Gasteiger charge is 2.38. The molecule has 0 aliphatic heterocycles. The summed E-state index contributed by atoms with van der Waals surface area (Å²) in [4.78, 5) is 0. The molecule has 20 heavy (non-hydrogen) atoms. The monoisotopic (exact) mass is 401 g/mol. The molecular formula is C17H25Br2N. The van der Waals surface area contributed by atoms with E-state index in [-0.39, 0.29) is 0 Å². The van der Waals surface area contributed by atoms with E-state index in [4.69, 9.17) is 0 Å². The van der Waals surface area contributed by atoms with Crippen LogP contribution in [-0.4, -0.2) is 7.05 Å². The molecule has 0 spiro atoms. The van der Waals surface area contributed by atoms with Crippen LogP contribution in [-0.2, 0) is 0 Å². The minimum atomic E-state index is 0.405. The molecule has 1 fully saturated rings. The van der Waals surface area contributed by atoms with Crippen molar-refractivity contribution in [2.24, 2.45) is 11.3 Å². The normalized spacial score (nSPS) is 23.6. The molecule has 2 atom stereocenters. The Balaban J connectivity index is 2.39. The fourth-order valence-electron chi connectivity index (χ4n) is 3.61. The standard InChI is InChI=1S/C17H25Br2N/c1-11-9-15(19)12(10-14(11)18)16(20-4)13-7-5-6-8-17(13,2)3/h9-10,13,16,20H,5-8H2,1-4H3. The lowest BCUT2D eigenvalue weighted by Gasteiger charge is -2.43. The number of aryl methyl sites for hydroxylation is 1. The lowest BCUT2D eigenvalue weighted by molar-refractivity contribution is 0.101. The van der Waals surface area contributed by atoms with Crippen LogP contribution >= 0.6 is 31.9 Å². The molecule has 1 aliphatic rings. The molecule has 1 aromatic rings. The smallest absolute Gasteiger partial charge is 0.0362 e. The highest BCUT2D eigenvalue weighted by molar-refractivity contribution is 9.11. The summed E-state index contributed by atoms with van der Waals surface area (Å²) < 4.78 is 2.42. The second kappa shape index (κ2) is 6.50. The summed E-state index contributed by atoms with van der Waals surface area (Å²) in [6.07, 6.45) is 5.38. The first-order valence-corrected chi connectivity index (χ1v) is 9.08. The van der Waals surface area contributed by atoms with Crippen molar-refractivity contribution in [2.45, 2.75) is 52.5 Å². The number of halogens is 2. The SMILES string of the molecule is CNC(c1cc(Br)c(C)cc1Br)C1CCCCC1(C)C. The number of hydrogen-bond acceptors (Lipinski definition) is 1. The molecule has 0 aromatic heterocycles. The largest absolute Gasteiger partial charge is 0.313 e. The number of hydrogen-bond donors (Lipinski definition) is 1. The Morgan fingerprint density at radius 1 is 1.20 bits per heavy atom. The number of benzene rings is 1. The Morgan fingerprint density at radius 3 is 2.50 bits per heavy atom. The van der Waals surface area contributed by atoms with Gasteiger partial charge in [-0.3, -0.25) is 0 Å². The van der Waals surface area contributed by atoms with Crippen molar-refractivity contribution in [3.63, 3.8) is 0 Å². The summed E-state index contributed by atoms with van der Waals surface area (Å²) in [6.45, 7) is 6.99. The second-order valence-electron chi connectivity index (χ2n) is 6.73. The summed E-state index contributed by atoms with van der Waals surface area (Å²) in [5, 5.41) is 3.58. The van der Waals surface area contributed by atoms with Gasteiger partial charge in [-0.2, -0.15) is 0 Å². The minimum absolute atomic E-state index is 0.405. The number of rotatable bonds is 3. The van der Waals surface area contributed by atoms with E-state index < -0.39 is 0 Å². The first kappa shape index (κ1) is 16.5. The summed E-state index contributed by atoms with van der Waals surface area (Å²) in [5.41, 5.74) is 3.06. The number of nitrogens with one attached hydrogen (secondary N) is 1. The highest BCUT2D eigenvalue weighted by atomic mass is 79.9. The van der Waals surface area contributed by atoms with Crippen LogP contribution in [0.15, 0.2) is 21.1 Å². The van der Waals surface area contributed by atoms with Crippen LogP contribution in [0.5, 0.6) is 0 Å². The molecular weight excluding hydrogens is 378 g/mol. The molecule has 1 saturated carbocycles. The van der Waals surface area contributed by atoms with Gasteiger partial charge in [-0.05, 0) is 61.4 Å². The van der Waals surface area contributed by atoms with Crippen molar-refractivity contribution in [1.29, 1.82) is 0 Å². The molecule has 0 heterocycles. The first-order valence-electron chi connectivity index (χ1n) is 7.49. The average Bonchev–Trinajstić information content (AvgIpc) is 2.37. The third kappa shape index (κ3) is 3.31. The summed E-state index contributed by atoms with van der Waals surface area (Å²) in [5.74, 6) is 0.687. The van der Waals surface area contributed by atoms with Gasteiger partial charge in [-0.25, -0.2) is 0 Å². The Labute approximate surface area is 140 Å². The fourth-order valence-corrected chi connectivity index (χ4v) is 4.68. The van der Waals surface area contributed by atoms with Crippen molar-refractivity contribution in [3.8, 4) is 0 Å². The van der Waals surface area contributed by atoms with Crippen LogP contribution < -0.4 is 5.32 Å². The molecule has 2 unspecified atom stereocenters. The van der Waals surface area contributed by atoms with E-state index in [9.17, 15) is 0 Å². The van der Waals surface area contributed by atoms with E-state index in [0.717, 1.165) is 0 Å². The maximum Gasteiger partial charge on any atom is 0.0362 e. The van der Waals surface area contributed by atoms with Crippen LogP contribution in [0.4, 0.5) is 0 Å². The van der Waals surface area contributed by atoms with Gasteiger partial charge >= 0.3 is 0 Å². The molecule has 0 bridgehead atoms. The van der Waals surface area contributed by atoms with E-state index in [2.05, 4.69) is 77.1 Å². The third-order valence-electron chi connectivity index (χ3n) is 4.92. The van der Waals surface area contributed by atoms with Gasteiger partial charge < -0.3 is 5.32 Å². The maximum atomic E-state index is 3.77. The molecule has 1 aliphatic carbocycles. The molecule has 0 amide bonds. The molecule has 0 saturated heterocycles. The van der Waals surface area contributed by atoms with Crippen LogP contribution in [0.2, 0.25) is 0 Å². The van der Waals surface area contributed by atoms with Gasteiger partial charge in [-0.15, -0.1) is 0 Å². The van der Waals surface area contributed by atoms with E-state index in [0.29, 0.717) is 17.4 Å². The topological polar surface area (TPSA) is 12.0 Å². The lowest BCUT2D eigenvalue weighted by atomic mass is 9.65. The van der Waals surface area contributed by atoms with Gasteiger partial charge in [-0.1, -0.05) is 58.5 Å². The highest BCUT2D eigenvalue weighted by Crippen LogP contribution is 2.48. The summed E-state index contributed by atoms with van der Waals surface area (Å²) >= 11 is 7.45. The van der Waals surface area contributed by atoms with Crippen molar-refractivity contribution in [2.75, 3.05) is 7.05 Å². The van der Waals surface area contributed by atoms with E-state index in [1.807, 2.05) is 0 Å². The fraction of sp³-hybridized carbons (Fsp3) is 0.647. The van der Waals surface area contributed by atoms with Gasteiger partial charge in [0.15, 0.2) is 0 Å². The van der Waals surface area contributed by atoms with Gasteiger partial charge in [0.2, 0.25) is 0 Å². The van der Waals surface area contributed by atoms with Crippen LogP contribution in [0.25, 0.3) is 0 Å². The molecule has 1 aromatic carbocycles. The Kier molecular flexibility index (Phi) is 5.36. The van der Waals surface area contributed by atoms with Crippen LogP contribution in [0, 0.1) is 18.3 Å². The van der Waals surface area contributed by atoms with E-state index in [1.54, 1.807) is 0 Å². The second-order valence-corrected chi connectivity index (χ2v) is 8.44. The molecule has 3 heteroatoms. The molecule has 1 N–H and O–H groups in total. The molecule has 2 rings (SSSR count). The Morgan fingerprint density at radius 2 is 1.90 bits per heavy atom. The Hall–Kier alpha value is 0.140. The van der Waals surface area contributed by atoms with Crippen molar-refractivity contribution < 1.29 is 0 Å². The average molecular weight is 403 g/mol. The van der Waals surface area contributed by atoms with Crippen molar-refractivity contribution >= 4 is 31.9 Å². The predicted octanol–water partition coefficient (Wildman–Crippen LogP) is 6.00. The zero-order valence-electron chi connectivity index (χ0n) is 12.9. The van der Waals surface area contributed by atoms with Gasteiger partial charge in [0.25, 0.3) is 0 Å². The first-order chi connectivity index (χ1) is 9.36. The predicted molar refractivity (Wildman–Crippen MR) is 94.1 cm³/mol. The molecule has 1 nitrogen and oxygen atoms in total. The lowest BCUT2D eigenvalue weighted by Crippen LogP contribution is -2.38. The minimum Gasteiger partial charge on any atom is -0.313 e. The van der Waals surface area contributed by atoms with Gasteiger partial charge in [0, 0.05) is 15.0 Å². The zero-order valence-corrected chi connectivity index (χ0v) is 16.1. The van der Waals surface area contributed by atoms with E-state index in [1.165, 1.54) is 45.8 Å². The van der Waals surface area contributed by atoms with Crippen LogP contribution in [0.3, 0.4) is 0 Å².